The van der Waals surface area contributed by atoms with Crippen LogP contribution in [0.25, 0.3) is 22.2 Å². The molecule has 5 rings (SSSR count). The Morgan fingerprint density at radius 1 is 0.975 bits per heavy atom. The second-order valence-corrected chi connectivity index (χ2v) is 11.1. The molecule has 3 aromatic heterocycles. The molecule has 0 saturated carbocycles. The maximum Gasteiger partial charge on any atom is 0.138 e. The molecule has 0 unspecified atom stereocenters. The number of H-pyrrole nitrogens is 1. The third kappa shape index (κ3) is 6.53. The smallest absolute Gasteiger partial charge is 0.138 e. The minimum atomic E-state index is 0.721. The van der Waals surface area contributed by atoms with Crippen LogP contribution in [0.2, 0.25) is 0 Å². The Morgan fingerprint density at radius 3 is 2.50 bits per heavy atom. The summed E-state index contributed by atoms with van der Waals surface area (Å²) in [6.45, 7) is 16.6. The number of imidazole rings is 1. The summed E-state index contributed by atoms with van der Waals surface area (Å²) in [6, 6.07) is 2.27. The molecular weight excluding hydrogens is 494 g/mol. The Bertz CT molecular complexity index is 1400. The number of allylic oxidation sites excluding steroid dienone is 4. The van der Waals surface area contributed by atoms with Crippen LogP contribution in [-0.4, -0.2) is 64.6 Å². The normalized spacial score (nSPS) is 17.0. The summed E-state index contributed by atoms with van der Waals surface area (Å²) in [7, 11) is 1.91. The van der Waals surface area contributed by atoms with Gasteiger partial charge in [-0.2, -0.15) is 0 Å². The number of likely N-dealkylation sites (N-methyl/N-ethyl adjacent to an activating group) is 1. The number of piperidine rings is 1. The minimum Gasteiger partial charge on any atom is -0.388 e. The number of hydrogen-bond donors (Lipinski definition) is 2. The summed E-state index contributed by atoms with van der Waals surface area (Å²) >= 11 is 0. The van der Waals surface area contributed by atoms with Gasteiger partial charge in [-0.15, -0.1) is 0 Å². The molecule has 0 atom stereocenters. The molecule has 2 aliphatic rings. The first-order chi connectivity index (χ1) is 19.5. The summed E-state index contributed by atoms with van der Waals surface area (Å²) in [4.78, 5) is 22.3. The van der Waals surface area contributed by atoms with E-state index in [0.29, 0.717) is 0 Å². The molecule has 0 amide bonds. The fraction of sp³-hybridized carbons (Fsp3) is 0.424. The van der Waals surface area contributed by atoms with Crippen LogP contribution in [0.3, 0.4) is 0 Å². The lowest BCUT2D eigenvalue weighted by atomic mass is 10.0. The van der Waals surface area contributed by atoms with Crippen molar-refractivity contribution in [3.05, 3.63) is 84.4 Å². The van der Waals surface area contributed by atoms with Crippen molar-refractivity contribution in [2.45, 2.75) is 51.9 Å². The van der Waals surface area contributed by atoms with Gasteiger partial charge in [-0.3, -0.25) is 9.97 Å². The number of likely N-dealkylation sites (tertiary alicyclic amines) is 1. The lowest BCUT2D eigenvalue weighted by molar-refractivity contribution is 0.334. The topological polar surface area (TPSA) is 73.0 Å². The fourth-order valence-electron chi connectivity index (χ4n) is 5.73. The molecular formula is C33H43N7. The van der Waals surface area contributed by atoms with Crippen LogP contribution in [0.5, 0.6) is 0 Å². The quantitative estimate of drug-likeness (QED) is 0.286. The van der Waals surface area contributed by atoms with Gasteiger partial charge in [-0.05, 0) is 100 Å². The Balaban J connectivity index is 1.27. The van der Waals surface area contributed by atoms with Gasteiger partial charge < -0.3 is 20.1 Å². The van der Waals surface area contributed by atoms with E-state index < -0.39 is 0 Å². The first-order valence-electron chi connectivity index (χ1n) is 14.7. The highest BCUT2D eigenvalue weighted by Crippen LogP contribution is 2.30. The zero-order valence-corrected chi connectivity index (χ0v) is 24.2. The summed E-state index contributed by atoms with van der Waals surface area (Å²) in [5.41, 5.74) is 9.00. The van der Waals surface area contributed by atoms with Crippen LogP contribution >= 0.6 is 0 Å². The van der Waals surface area contributed by atoms with E-state index in [4.69, 9.17) is 4.98 Å². The number of aromatic nitrogens is 4. The Hall–Kier alpha value is -3.71. The van der Waals surface area contributed by atoms with E-state index in [1.54, 1.807) is 0 Å². The molecule has 5 heterocycles. The molecule has 40 heavy (non-hydrogen) atoms. The Labute approximate surface area is 238 Å². The molecule has 7 heteroatoms. The number of anilines is 1. The summed E-state index contributed by atoms with van der Waals surface area (Å²) in [5.74, 6) is 0.721. The second-order valence-electron chi connectivity index (χ2n) is 11.1. The van der Waals surface area contributed by atoms with E-state index in [2.05, 4.69) is 68.4 Å². The molecule has 3 aromatic rings. The van der Waals surface area contributed by atoms with Crippen LogP contribution in [0.15, 0.2) is 67.4 Å². The molecule has 7 nitrogen and oxygen atoms in total. The van der Waals surface area contributed by atoms with Crippen molar-refractivity contribution in [1.82, 2.24) is 30.2 Å². The molecule has 0 bridgehead atoms. The molecule has 0 aromatic carbocycles. The van der Waals surface area contributed by atoms with E-state index in [-0.39, 0.29) is 0 Å². The van der Waals surface area contributed by atoms with E-state index in [0.717, 1.165) is 70.0 Å². The number of pyridine rings is 2. The molecule has 2 fully saturated rings. The van der Waals surface area contributed by atoms with Gasteiger partial charge in [0.1, 0.15) is 11.3 Å². The first-order valence-corrected chi connectivity index (χ1v) is 14.7. The van der Waals surface area contributed by atoms with E-state index >= 15 is 0 Å². The SMILES string of the molecule is C=C(C(=C)c1nc2c(N3CCCCC3)cncc2[nH]1)/C(=C\C=C(/C)c1cncc(CCCN2CCCC2)c1)NC. The van der Waals surface area contributed by atoms with Gasteiger partial charge in [0.05, 0.1) is 23.6 Å². The zero-order chi connectivity index (χ0) is 27.9. The fourth-order valence-corrected chi connectivity index (χ4v) is 5.73. The van der Waals surface area contributed by atoms with Gasteiger partial charge in [0.25, 0.3) is 0 Å². The van der Waals surface area contributed by atoms with Gasteiger partial charge >= 0.3 is 0 Å². The molecule has 210 valence electrons. The maximum atomic E-state index is 4.95. The summed E-state index contributed by atoms with van der Waals surface area (Å²) < 4.78 is 0. The number of aryl methyl sites for hydroxylation is 1. The average molecular weight is 538 g/mol. The van der Waals surface area contributed by atoms with Crippen LogP contribution < -0.4 is 10.2 Å². The van der Waals surface area contributed by atoms with Gasteiger partial charge in [0.15, 0.2) is 0 Å². The Morgan fingerprint density at radius 2 is 1.73 bits per heavy atom. The summed E-state index contributed by atoms with van der Waals surface area (Å²) in [5, 5.41) is 3.30. The molecule has 2 aliphatic heterocycles. The highest BCUT2D eigenvalue weighted by Gasteiger charge is 2.18. The predicted octanol–water partition coefficient (Wildman–Crippen LogP) is 6.15. The molecule has 0 radical (unpaired) electrons. The number of rotatable bonds is 11. The van der Waals surface area contributed by atoms with Crippen LogP contribution in [0, 0.1) is 0 Å². The van der Waals surface area contributed by atoms with Gasteiger partial charge in [0, 0.05) is 49.4 Å². The monoisotopic (exact) mass is 537 g/mol. The molecule has 0 spiro atoms. The number of hydrogen-bond acceptors (Lipinski definition) is 6. The van der Waals surface area contributed by atoms with Crippen LogP contribution in [0.4, 0.5) is 5.69 Å². The highest BCUT2D eigenvalue weighted by atomic mass is 15.2. The van der Waals surface area contributed by atoms with Gasteiger partial charge in [-0.25, -0.2) is 4.98 Å². The third-order valence-electron chi connectivity index (χ3n) is 8.20. The van der Waals surface area contributed by atoms with E-state index in [1.807, 2.05) is 31.8 Å². The zero-order valence-electron chi connectivity index (χ0n) is 24.2. The number of nitrogens with one attached hydrogen (secondary N) is 2. The van der Waals surface area contributed by atoms with Crippen LogP contribution in [-0.2, 0) is 6.42 Å². The first kappa shape index (κ1) is 27.8. The van der Waals surface area contributed by atoms with Crippen molar-refractivity contribution in [2.24, 2.45) is 0 Å². The summed E-state index contributed by atoms with van der Waals surface area (Å²) in [6.07, 6.45) is 20.5. The average Bonchev–Trinajstić information content (AvgIpc) is 3.67. The second kappa shape index (κ2) is 13.1. The lowest BCUT2D eigenvalue weighted by Gasteiger charge is -2.28. The van der Waals surface area contributed by atoms with E-state index in [1.165, 1.54) is 63.7 Å². The van der Waals surface area contributed by atoms with Crippen molar-refractivity contribution in [2.75, 3.05) is 44.7 Å². The number of nitrogens with zero attached hydrogens (tertiary/aromatic N) is 5. The van der Waals surface area contributed by atoms with E-state index in [9.17, 15) is 0 Å². The molecule has 2 N–H and O–H groups in total. The van der Waals surface area contributed by atoms with Crippen molar-refractivity contribution in [3.8, 4) is 0 Å². The van der Waals surface area contributed by atoms with Gasteiger partial charge in [0.2, 0.25) is 0 Å². The standard InChI is InChI=1S/C33H43N7/c1-24(28-19-27(20-35-21-28)11-10-16-39-14-8-9-15-39)12-13-29(34-4)25(2)26(3)33-37-30-22-36-23-31(32(30)38-33)40-17-6-5-7-18-40/h12-13,19-23,34H,2-3,5-11,14-18H2,1,4H3,(H,37,38)/b24-12+,29-13+. The lowest BCUT2D eigenvalue weighted by Crippen LogP contribution is -2.29. The maximum absolute atomic E-state index is 4.95. The van der Waals surface area contributed by atoms with Crippen LogP contribution in [0.1, 0.15) is 62.4 Å². The highest BCUT2D eigenvalue weighted by molar-refractivity contribution is 5.91. The molecule has 0 aliphatic carbocycles. The minimum absolute atomic E-state index is 0.721. The van der Waals surface area contributed by atoms with Crippen molar-refractivity contribution >= 4 is 27.9 Å². The van der Waals surface area contributed by atoms with Crippen molar-refractivity contribution in [3.63, 3.8) is 0 Å². The molecule has 2 saturated heterocycles. The largest absolute Gasteiger partial charge is 0.388 e. The predicted molar refractivity (Wildman–Crippen MR) is 167 cm³/mol. The van der Waals surface area contributed by atoms with Crippen molar-refractivity contribution < 1.29 is 0 Å². The number of fused-ring (bicyclic) bond motifs is 1. The third-order valence-corrected chi connectivity index (χ3v) is 8.20. The Kier molecular flexibility index (Phi) is 9.12. The van der Waals surface area contributed by atoms with Crippen molar-refractivity contribution in [1.29, 1.82) is 0 Å². The van der Waals surface area contributed by atoms with Gasteiger partial charge in [-0.1, -0.05) is 19.2 Å². The number of aromatic amines is 1.